The number of ether oxygens (including phenoxy) is 14. The molecule has 9 aromatic rings. The van der Waals surface area contributed by atoms with Gasteiger partial charge in [0.15, 0.2) is 157 Å². The third-order valence-electron chi connectivity index (χ3n) is 21.3. The van der Waals surface area contributed by atoms with E-state index in [1.807, 2.05) is 0 Å². The molecule has 4 bridgehead atoms. The smallest absolute Gasteiger partial charge is 0.342 e. The molecular formula is C82H58O53. The fourth-order valence-electron chi connectivity index (χ4n) is 14.7. The third kappa shape index (κ3) is 15.5. The van der Waals surface area contributed by atoms with Crippen LogP contribution in [0.5, 0.6) is 161 Å². The summed E-state index contributed by atoms with van der Waals surface area (Å²) in [6, 6.07) is 4.60. The van der Waals surface area contributed by atoms with E-state index in [2.05, 4.69) is 0 Å². The molecule has 0 amide bonds. The average molecular weight is 1890 g/mol. The first-order chi connectivity index (χ1) is 63.4. The molecule has 12 atom stereocenters. The molecule has 5 aliphatic heterocycles. The van der Waals surface area contributed by atoms with Gasteiger partial charge in [0, 0.05) is 22.8 Å². The number of carbonyl (C=O) groups is 11. The summed E-state index contributed by atoms with van der Waals surface area (Å²) in [6.45, 7) is -3.22. The number of phenolic OH excluding ortho intramolecular Hbond substituents is 25. The van der Waals surface area contributed by atoms with Crippen molar-refractivity contribution in [1.82, 2.24) is 0 Å². The van der Waals surface area contributed by atoms with Crippen LogP contribution in [-0.2, 0) is 66.4 Å². The Kier molecular flexibility index (Phi) is 22.4. The van der Waals surface area contributed by atoms with Gasteiger partial charge in [-0.3, -0.25) is 4.79 Å². The molecule has 0 aromatic heterocycles. The van der Waals surface area contributed by atoms with E-state index in [1.54, 1.807) is 0 Å². The quantitative estimate of drug-likeness (QED) is 0.0294. The number of aromatic hydroxyl groups is 25. The summed E-state index contributed by atoms with van der Waals surface area (Å²) in [7, 11) is 0. The zero-order valence-electron chi connectivity index (χ0n) is 66.2. The molecule has 53 heteroatoms. The van der Waals surface area contributed by atoms with Crippen LogP contribution in [0.3, 0.4) is 0 Å². The van der Waals surface area contributed by atoms with Gasteiger partial charge in [-0.2, -0.15) is 0 Å². The van der Waals surface area contributed by atoms with E-state index in [0.717, 1.165) is 0 Å². The molecule has 0 radical (unpaired) electrons. The van der Waals surface area contributed by atoms with Gasteiger partial charge in [0.2, 0.25) is 59.3 Å². The Morgan fingerprint density at radius 2 is 0.741 bits per heavy atom. The van der Waals surface area contributed by atoms with Crippen LogP contribution in [-0.4, -0.2) is 295 Å². The van der Waals surface area contributed by atoms with Crippen LogP contribution >= 0.6 is 0 Å². The van der Waals surface area contributed by atoms with Gasteiger partial charge in [0.05, 0.1) is 56.0 Å². The maximum Gasteiger partial charge on any atom is 0.342 e. The van der Waals surface area contributed by atoms with E-state index in [1.165, 1.54) is 0 Å². The second kappa shape index (κ2) is 33.2. The number of aliphatic hydroxyl groups is 3. The molecule has 53 nitrogen and oxygen atoms in total. The molecule has 28 N–H and O–H groups in total. The first-order valence-electron chi connectivity index (χ1n) is 37.5. The van der Waals surface area contributed by atoms with Crippen LogP contribution in [0.15, 0.2) is 96.6 Å². The molecule has 1 unspecified atom stereocenters. The van der Waals surface area contributed by atoms with E-state index in [-0.39, 0.29) is 24.3 Å². The highest BCUT2D eigenvalue weighted by atomic mass is 16.8. The van der Waals surface area contributed by atoms with Crippen molar-refractivity contribution in [2.24, 2.45) is 0 Å². The second-order valence-electron chi connectivity index (χ2n) is 29.6. The number of benzene rings is 9. The fraction of sp³-hybridized carbons (Fsp3) is 0.183. The Morgan fingerprint density at radius 3 is 1.25 bits per heavy atom. The lowest BCUT2D eigenvalue weighted by Crippen LogP contribution is -2.66. The summed E-state index contributed by atoms with van der Waals surface area (Å²) < 4.78 is 79.8. The maximum absolute atomic E-state index is 15.7. The minimum absolute atomic E-state index is 0.0294. The van der Waals surface area contributed by atoms with Crippen LogP contribution in [0.25, 0.3) is 11.1 Å². The van der Waals surface area contributed by atoms with Crippen molar-refractivity contribution in [3.8, 4) is 172 Å². The monoisotopic (exact) mass is 1890 g/mol. The highest BCUT2D eigenvalue weighted by Crippen LogP contribution is 2.62. The summed E-state index contributed by atoms with van der Waals surface area (Å²) in [6.07, 6.45) is -28.7. The van der Waals surface area contributed by atoms with Gasteiger partial charge in [0.25, 0.3) is 11.6 Å². The van der Waals surface area contributed by atoms with E-state index < -0.39 is 391 Å². The molecule has 15 rings (SSSR count). The maximum atomic E-state index is 15.7. The standard InChI is InChI=1S/C82H58O53/c83-28-1-18(2-29(84)49(28)98)69(109)122-16-42-62(127-70(110)19-3-30(85)50(99)31(86)4-19)65(129-71(111)20-5-32(87)51(100)33(88)6-20)67(79(124-42)133-72(112)21-7-34(89)52(101)35(90)8-21)132-78(118)27-14-39(94)55(104)59(108)60(27)126-61-41(96)13-23-46(58(61)107)45-24(11-38(93)54(103)57(45)106)75(115)130-66-63-43(17-123-74(23)114)125-80(134-73(113)22-9-36(91)53(102)37(92)10-22)68(66)131-77(117)26-15-44(97)81(119,120)82(121)48(26)47-25(76(116)128-63)12-40(95)56(105)64(47)135-82/h1-15,42-43,48,62-63,65-68,79-80,83-96,98-108,119-121H,16-17H2/t42-,43-,48?,62-,63-,65+,66+,67-,68-,79+,80+,82-/m1/s1. The van der Waals surface area contributed by atoms with Gasteiger partial charge in [-0.05, 0) is 84.9 Å². The number of ketones is 1. The Labute approximate surface area is 741 Å². The lowest BCUT2D eigenvalue weighted by molar-refractivity contribution is -0.323. The van der Waals surface area contributed by atoms with Crippen LogP contribution in [0.1, 0.15) is 105 Å². The van der Waals surface area contributed by atoms with Gasteiger partial charge < -0.3 is 209 Å². The third-order valence-corrected chi connectivity index (χ3v) is 21.3. The summed E-state index contributed by atoms with van der Waals surface area (Å²) in [5.41, 5.74) is -16.6. The molecule has 6 aliphatic rings. The van der Waals surface area contributed by atoms with Gasteiger partial charge in [-0.1, -0.05) is 0 Å². The van der Waals surface area contributed by atoms with Crippen molar-refractivity contribution in [2.75, 3.05) is 13.2 Å². The largest absolute Gasteiger partial charge is 0.504 e. The topological polar surface area (TPSA) is 883 Å². The van der Waals surface area contributed by atoms with Gasteiger partial charge >= 0.3 is 59.7 Å². The summed E-state index contributed by atoms with van der Waals surface area (Å²) in [5.74, 6) is -74.7. The minimum atomic E-state index is -4.23. The molecule has 0 spiro atoms. The molecule has 9 aromatic carbocycles. The van der Waals surface area contributed by atoms with Crippen molar-refractivity contribution >= 4 is 65.5 Å². The SMILES string of the molecule is O=C1O[C@H]2[C@H](OC(=O)c3cc(O)c(O)c(O)c3)O[C@@H]3COC(=O)c4cc(O)c(Oc5c(C(=O)O[C@H]6[C@H](OC(=O)c7cc(O)c(O)c(O)c7)O[C@H](COC(=O)c7cc(O)c(O)c(O)c7)[C@@H](OC(=O)c7cc(O)c(O)c(O)c7)[C@@H]6OC(=O)c6cc(O)c(O)c(O)c6)cc(O)c(O)c5O)c(O)c4-c4c(cc(O)c(O)c4O)C(=O)O[C@H]2[C@@H]3OC(=O)c2cc(O)c(O)c3c2C2C1=CC(=O)C(O)(O)[C@]2(O)O3. The number of hydrogen-bond donors (Lipinski definition) is 28. The molecular weight excluding hydrogens is 1830 g/mol. The van der Waals surface area contributed by atoms with E-state index in [9.17, 15) is 172 Å². The van der Waals surface area contributed by atoms with E-state index >= 15 is 24.0 Å². The highest BCUT2D eigenvalue weighted by Gasteiger charge is 2.71. The molecule has 2 fully saturated rings. The summed E-state index contributed by atoms with van der Waals surface area (Å²) in [5, 5.41) is 307. The first-order valence-corrected chi connectivity index (χ1v) is 37.5. The lowest BCUT2D eigenvalue weighted by Gasteiger charge is -2.44. The van der Waals surface area contributed by atoms with Gasteiger partial charge in [-0.15, -0.1) is 0 Å². The Bertz CT molecular complexity index is 6630. The Morgan fingerprint density at radius 1 is 0.348 bits per heavy atom. The van der Waals surface area contributed by atoms with Crippen molar-refractivity contribution in [1.29, 1.82) is 0 Å². The molecule has 704 valence electrons. The van der Waals surface area contributed by atoms with Crippen molar-refractivity contribution in [3.05, 3.63) is 152 Å². The van der Waals surface area contributed by atoms with Crippen molar-refractivity contribution in [3.63, 3.8) is 0 Å². The predicted molar refractivity (Wildman–Crippen MR) is 412 cm³/mol. The Hall–Kier alpha value is -18.5. The van der Waals surface area contributed by atoms with Crippen molar-refractivity contribution < 1.29 is 262 Å². The number of phenols is 25. The second-order valence-corrected chi connectivity index (χ2v) is 29.6. The summed E-state index contributed by atoms with van der Waals surface area (Å²) >= 11 is 0. The molecule has 1 aliphatic carbocycles. The molecule has 2 saturated heterocycles. The van der Waals surface area contributed by atoms with Crippen LogP contribution in [0, 0.1) is 0 Å². The normalized spacial score (nSPS) is 21.8. The number of carbonyl (C=O) groups excluding carboxylic acids is 11. The number of hydrogen-bond acceptors (Lipinski definition) is 53. The fourth-order valence-corrected chi connectivity index (χ4v) is 14.7. The Balaban J connectivity index is 0.873. The summed E-state index contributed by atoms with van der Waals surface area (Å²) in [4.78, 5) is 163. The molecule has 5 heterocycles. The van der Waals surface area contributed by atoms with Gasteiger partial charge in [0.1, 0.15) is 31.0 Å². The van der Waals surface area contributed by atoms with E-state index in [0.29, 0.717) is 66.7 Å². The molecule has 0 saturated carbocycles. The number of rotatable bonds is 15. The van der Waals surface area contributed by atoms with Crippen LogP contribution < -0.4 is 9.47 Å². The first kappa shape index (κ1) is 91.2. The van der Waals surface area contributed by atoms with Crippen LogP contribution in [0.4, 0.5) is 0 Å². The number of fused-ring (bicyclic) bond motifs is 3. The zero-order valence-corrected chi connectivity index (χ0v) is 66.2. The van der Waals surface area contributed by atoms with E-state index in [4.69, 9.17) is 66.3 Å². The average Bonchev–Trinajstić information content (AvgIpc) is 1.53. The number of cyclic esters (lactones) is 1. The highest BCUT2D eigenvalue weighted by molar-refractivity contribution is 6.10. The molecule has 135 heavy (non-hydrogen) atoms. The minimum Gasteiger partial charge on any atom is -0.504 e. The van der Waals surface area contributed by atoms with Gasteiger partial charge in [-0.25, -0.2) is 47.9 Å². The van der Waals surface area contributed by atoms with Crippen LogP contribution in [0.2, 0.25) is 0 Å². The number of esters is 10. The van der Waals surface area contributed by atoms with Crippen molar-refractivity contribution in [2.45, 2.75) is 78.9 Å². The lowest BCUT2D eigenvalue weighted by atomic mass is 9.74. The zero-order chi connectivity index (χ0) is 98.3. The predicted octanol–water partition coefficient (Wildman–Crippen LogP) is 0.985.